The number of aromatic nitrogens is 1. The highest BCUT2D eigenvalue weighted by Gasteiger charge is 1.97. The summed E-state index contributed by atoms with van der Waals surface area (Å²) in [5.41, 5.74) is 1.75. The first-order chi connectivity index (χ1) is 8.11. The molecule has 0 saturated heterocycles. The fraction of sp³-hybridized carbons (Fsp3) is 0.0909. The van der Waals surface area contributed by atoms with Gasteiger partial charge < -0.3 is 9.84 Å². The average Bonchev–Trinajstić information content (AvgIpc) is 2.34. The monoisotopic (exact) mass is 273 g/mol. The van der Waals surface area contributed by atoms with Gasteiger partial charge in [0, 0.05) is 11.6 Å². The molecule has 1 aromatic rings. The Bertz CT molecular complexity index is 441. The van der Waals surface area contributed by atoms with E-state index in [1.54, 1.807) is 12.1 Å². The third-order valence-corrected chi connectivity index (χ3v) is 2.24. The molecule has 0 spiro atoms. The minimum Gasteiger partial charge on any atom is -0.486 e. The van der Waals surface area contributed by atoms with E-state index in [4.69, 9.17) is 33.0 Å². The first-order valence-corrected chi connectivity index (χ1v) is 5.38. The maximum atomic E-state index is 10.3. The molecule has 0 atom stereocenters. The van der Waals surface area contributed by atoms with Gasteiger partial charge in [-0.1, -0.05) is 23.2 Å². The number of carboxylic acids is 1. The zero-order chi connectivity index (χ0) is 12.7. The van der Waals surface area contributed by atoms with Crippen molar-refractivity contribution in [1.29, 1.82) is 0 Å². The Labute approximate surface area is 108 Å². The van der Waals surface area contributed by atoms with Crippen LogP contribution in [0.25, 0.3) is 6.08 Å². The highest BCUT2D eigenvalue weighted by atomic mass is 35.5. The Morgan fingerprint density at radius 2 is 2.29 bits per heavy atom. The molecule has 1 heterocycles. The van der Waals surface area contributed by atoms with Gasteiger partial charge in [0.15, 0.2) is 0 Å². The van der Waals surface area contributed by atoms with Gasteiger partial charge in [0.05, 0.1) is 16.9 Å². The van der Waals surface area contributed by atoms with Gasteiger partial charge in [0.2, 0.25) is 0 Å². The Kier molecular flexibility index (Phi) is 5.52. The van der Waals surface area contributed by atoms with Crippen molar-refractivity contribution < 1.29 is 14.6 Å². The predicted molar refractivity (Wildman–Crippen MR) is 66.2 cm³/mol. The molecule has 0 radical (unpaired) electrons. The van der Waals surface area contributed by atoms with Crippen LogP contribution in [0.1, 0.15) is 5.69 Å². The van der Waals surface area contributed by atoms with Crippen molar-refractivity contribution in [2.24, 2.45) is 0 Å². The summed E-state index contributed by atoms with van der Waals surface area (Å²) < 4.78 is 5.25. The average molecular weight is 274 g/mol. The summed E-state index contributed by atoms with van der Waals surface area (Å²) in [6, 6.07) is 3.29. The Hall–Kier alpha value is -1.52. The van der Waals surface area contributed by atoms with E-state index in [0.717, 1.165) is 6.08 Å². The van der Waals surface area contributed by atoms with Gasteiger partial charge in [0.1, 0.15) is 12.4 Å². The summed E-state index contributed by atoms with van der Waals surface area (Å²) >= 11 is 11.0. The van der Waals surface area contributed by atoms with E-state index >= 15 is 0 Å². The number of carboxylic acid groups (broad SMARTS) is 1. The maximum Gasteiger partial charge on any atom is 0.328 e. The van der Waals surface area contributed by atoms with Crippen LogP contribution < -0.4 is 4.74 Å². The van der Waals surface area contributed by atoms with Crippen LogP contribution in [-0.4, -0.2) is 22.7 Å². The first-order valence-electron chi connectivity index (χ1n) is 4.56. The second-order valence-electron chi connectivity index (χ2n) is 2.93. The topological polar surface area (TPSA) is 59.4 Å². The minimum absolute atomic E-state index is 0.164. The minimum atomic E-state index is -1.02. The third-order valence-electron chi connectivity index (χ3n) is 1.65. The molecule has 0 aliphatic rings. The fourth-order valence-electron chi connectivity index (χ4n) is 0.916. The molecule has 0 fully saturated rings. The van der Waals surface area contributed by atoms with Gasteiger partial charge in [0.25, 0.3) is 0 Å². The lowest BCUT2D eigenvalue weighted by Crippen LogP contribution is -1.97. The molecule has 0 bridgehead atoms. The second kappa shape index (κ2) is 6.93. The van der Waals surface area contributed by atoms with Crippen LogP contribution in [-0.2, 0) is 4.79 Å². The molecule has 17 heavy (non-hydrogen) atoms. The molecular formula is C11H9Cl2NO3. The van der Waals surface area contributed by atoms with Crippen molar-refractivity contribution in [3.8, 4) is 5.75 Å². The largest absolute Gasteiger partial charge is 0.486 e. The smallest absolute Gasteiger partial charge is 0.328 e. The summed E-state index contributed by atoms with van der Waals surface area (Å²) in [5.74, 6) is -0.500. The SMILES string of the molecule is O=C(O)C=Cc1ccc(OCC(Cl)=CCl)cn1. The van der Waals surface area contributed by atoms with Crippen molar-refractivity contribution in [1.82, 2.24) is 4.98 Å². The van der Waals surface area contributed by atoms with Crippen molar-refractivity contribution in [2.75, 3.05) is 6.61 Å². The van der Waals surface area contributed by atoms with Crippen LogP contribution >= 0.6 is 23.2 Å². The van der Waals surface area contributed by atoms with Gasteiger partial charge in [-0.05, 0) is 18.2 Å². The zero-order valence-corrected chi connectivity index (χ0v) is 10.1. The maximum absolute atomic E-state index is 10.3. The van der Waals surface area contributed by atoms with E-state index in [1.807, 2.05) is 0 Å². The number of pyridine rings is 1. The lowest BCUT2D eigenvalue weighted by atomic mass is 10.3. The molecule has 4 nitrogen and oxygen atoms in total. The molecule has 0 unspecified atom stereocenters. The van der Waals surface area contributed by atoms with Crippen molar-refractivity contribution >= 4 is 35.2 Å². The third kappa shape index (κ3) is 5.38. The number of carbonyl (C=O) groups is 1. The highest BCUT2D eigenvalue weighted by molar-refractivity contribution is 6.36. The summed E-state index contributed by atoms with van der Waals surface area (Å²) in [7, 11) is 0. The molecule has 0 aromatic carbocycles. The standard InChI is InChI=1S/C11H9Cl2NO3/c12-5-8(13)7-17-10-3-1-9(14-6-10)2-4-11(15)16/h1-6H,7H2,(H,15,16). The van der Waals surface area contributed by atoms with Crippen molar-refractivity contribution in [2.45, 2.75) is 0 Å². The normalized spacial score (nSPS) is 11.8. The second-order valence-corrected chi connectivity index (χ2v) is 3.64. The first kappa shape index (κ1) is 13.5. The number of nitrogens with zero attached hydrogens (tertiary/aromatic N) is 1. The summed E-state index contributed by atoms with van der Waals surface area (Å²) in [5, 5.41) is 8.81. The molecule has 0 saturated carbocycles. The number of hydrogen-bond acceptors (Lipinski definition) is 3. The molecule has 0 aliphatic carbocycles. The lowest BCUT2D eigenvalue weighted by Gasteiger charge is -2.04. The van der Waals surface area contributed by atoms with E-state index in [2.05, 4.69) is 4.98 Å². The number of halogens is 2. The Morgan fingerprint density at radius 1 is 1.53 bits per heavy atom. The number of ether oxygens (including phenoxy) is 1. The van der Waals surface area contributed by atoms with Crippen LogP contribution in [0.3, 0.4) is 0 Å². The molecule has 90 valence electrons. The zero-order valence-electron chi connectivity index (χ0n) is 8.64. The van der Waals surface area contributed by atoms with E-state index in [9.17, 15) is 4.79 Å². The van der Waals surface area contributed by atoms with Gasteiger partial charge in [-0.15, -0.1) is 0 Å². The van der Waals surface area contributed by atoms with Crippen LogP contribution in [0.2, 0.25) is 0 Å². The number of hydrogen-bond donors (Lipinski definition) is 1. The van der Waals surface area contributed by atoms with E-state index in [1.165, 1.54) is 17.8 Å². The lowest BCUT2D eigenvalue weighted by molar-refractivity contribution is -0.131. The van der Waals surface area contributed by atoms with Gasteiger partial charge in [-0.3, -0.25) is 4.98 Å². The number of aliphatic carboxylic acids is 1. The molecule has 0 amide bonds. The fourth-order valence-corrected chi connectivity index (χ4v) is 1.03. The Balaban J connectivity index is 2.59. The molecule has 0 aliphatic heterocycles. The Morgan fingerprint density at radius 3 is 2.82 bits per heavy atom. The highest BCUT2D eigenvalue weighted by Crippen LogP contribution is 2.12. The van der Waals surface area contributed by atoms with Gasteiger partial charge in [-0.2, -0.15) is 0 Å². The quantitative estimate of drug-likeness (QED) is 0.839. The van der Waals surface area contributed by atoms with Crippen LogP contribution in [0.15, 0.2) is 35.0 Å². The number of rotatable bonds is 5. The predicted octanol–water partition coefficient (Wildman–Crippen LogP) is 2.88. The van der Waals surface area contributed by atoms with Crippen LogP contribution in [0.5, 0.6) is 5.75 Å². The van der Waals surface area contributed by atoms with Crippen molar-refractivity contribution in [3.63, 3.8) is 0 Å². The summed E-state index contributed by atoms with van der Waals surface area (Å²) in [6.07, 6.45) is 3.87. The van der Waals surface area contributed by atoms with Gasteiger partial charge in [-0.25, -0.2) is 4.79 Å². The summed E-state index contributed by atoms with van der Waals surface area (Å²) in [6.45, 7) is 0.164. The molecule has 1 aromatic heterocycles. The van der Waals surface area contributed by atoms with Crippen LogP contribution in [0, 0.1) is 0 Å². The molecular weight excluding hydrogens is 265 g/mol. The van der Waals surface area contributed by atoms with E-state index < -0.39 is 5.97 Å². The molecule has 1 N–H and O–H groups in total. The molecule has 6 heteroatoms. The van der Waals surface area contributed by atoms with E-state index in [-0.39, 0.29) is 6.61 Å². The van der Waals surface area contributed by atoms with E-state index in [0.29, 0.717) is 16.5 Å². The molecule has 1 rings (SSSR count). The van der Waals surface area contributed by atoms with Gasteiger partial charge >= 0.3 is 5.97 Å². The van der Waals surface area contributed by atoms with Crippen molar-refractivity contribution in [3.05, 3.63) is 40.7 Å². The summed E-state index contributed by atoms with van der Waals surface area (Å²) in [4.78, 5) is 14.3. The van der Waals surface area contributed by atoms with Crippen LogP contribution in [0.4, 0.5) is 0 Å².